The summed E-state index contributed by atoms with van der Waals surface area (Å²) in [4.78, 5) is 22.6. The first-order valence-corrected chi connectivity index (χ1v) is 7.38. The van der Waals surface area contributed by atoms with Gasteiger partial charge in [-0.3, -0.25) is 0 Å². The number of carboxylic acid groups (broad SMARTS) is 1. The van der Waals surface area contributed by atoms with Gasteiger partial charge in [0.25, 0.3) is 0 Å². The van der Waals surface area contributed by atoms with Crippen LogP contribution in [0.1, 0.15) is 16.8 Å². The van der Waals surface area contributed by atoms with Gasteiger partial charge in [0.05, 0.1) is 11.3 Å². The van der Waals surface area contributed by atoms with E-state index < -0.39 is 12.0 Å². The van der Waals surface area contributed by atoms with Crippen LogP contribution in [0.3, 0.4) is 0 Å². The molecule has 0 radical (unpaired) electrons. The first-order chi connectivity index (χ1) is 9.04. The summed E-state index contributed by atoms with van der Waals surface area (Å²) in [7, 11) is 0. The zero-order valence-corrected chi connectivity index (χ0v) is 12.0. The predicted molar refractivity (Wildman–Crippen MR) is 78.4 cm³/mol. The summed E-state index contributed by atoms with van der Waals surface area (Å²) in [6.07, 6.45) is 2.85. The highest BCUT2D eigenvalue weighted by molar-refractivity contribution is 7.98. The quantitative estimate of drug-likeness (QED) is 0.706. The summed E-state index contributed by atoms with van der Waals surface area (Å²) in [5, 5.41) is 14.5. The van der Waals surface area contributed by atoms with E-state index in [1.165, 1.54) is 18.2 Å². The average Bonchev–Trinajstić information content (AvgIpc) is 2.34. The molecule has 2 amide bonds. The molecule has 7 heteroatoms. The van der Waals surface area contributed by atoms with Gasteiger partial charge in [0.15, 0.2) is 0 Å². The maximum atomic E-state index is 11.6. The number of carbonyl (C=O) groups excluding carboxylic acids is 1. The van der Waals surface area contributed by atoms with Crippen molar-refractivity contribution in [1.29, 1.82) is 0 Å². The number of aromatic carboxylic acids is 1. The lowest BCUT2D eigenvalue weighted by Gasteiger charge is -2.10. The Kier molecular flexibility index (Phi) is 6.52. The molecule has 0 heterocycles. The highest BCUT2D eigenvalue weighted by atomic mass is 35.5. The van der Waals surface area contributed by atoms with Crippen molar-refractivity contribution in [1.82, 2.24) is 5.32 Å². The SMILES string of the molecule is CSCCCNC(=O)Nc1cc(Cl)ccc1C(=O)O. The number of carboxylic acids is 1. The molecule has 0 saturated carbocycles. The molecule has 104 valence electrons. The van der Waals surface area contributed by atoms with E-state index in [1.54, 1.807) is 11.8 Å². The molecule has 3 N–H and O–H groups in total. The van der Waals surface area contributed by atoms with Crippen LogP contribution in [0.15, 0.2) is 18.2 Å². The third-order valence-electron chi connectivity index (χ3n) is 2.27. The largest absolute Gasteiger partial charge is 0.478 e. The van der Waals surface area contributed by atoms with E-state index >= 15 is 0 Å². The monoisotopic (exact) mass is 302 g/mol. The lowest BCUT2D eigenvalue weighted by Crippen LogP contribution is -2.30. The second-order valence-corrected chi connectivity index (χ2v) is 5.14. The van der Waals surface area contributed by atoms with Gasteiger partial charge in [0, 0.05) is 11.6 Å². The summed E-state index contributed by atoms with van der Waals surface area (Å²) >= 11 is 7.48. The van der Waals surface area contributed by atoms with Crippen molar-refractivity contribution in [3.05, 3.63) is 28.8 Å². The molecule has 0 atom stereocenters. The van der Waals surface area contributed by atoms with Crippen LogP contribution >= 0.6 is 23.4 Å². The number of amides is 2. The van der Waals surface area contributed by atoms with Crippen molar-refractivity contribution in [2.75, 3.05) is 23.9 Å². The number of carbonyl (C=O) groups is 2. The summed E-state index contributed by atoms with van der Waals surface area (Å²) in [5.74, 6) is -0.160. The number of hydrogen-bond acceptors (Lipinski definition) is 3. The molecular weight excluding hydrogens is 288 g/mol. The summed E-state index contributed by atoms with van der Waals surface area (Å²) in [5.41, 5.74) is 0.186. The summed E-state index contributed by atoms with van der Waals surface area (Å²) in [6.45, 7) is 0.537. The Morgan fingerprint density at radius 2 is 2.16 bits per heavy atom. The van der Waals surface area contributed by atoms with Crippen LogP contribution in [0.5, 0.6) is 0 Å². The fourth-order valence-electron chi connectivity index (χ4n) is 1.39. The summed E-state index contributed by atoms with van der Waals surface area (Å²) < 4.78 is 0. The molecule has 1 aromatic carbocycles. The normalized spacial score (nSPS) is 10.0. The number of nitrogens with one attached hydrogen (secondary N) is 2. The molecule has 1 rings (SSSR count). The van der Waals surface area contributed by atoms with Gasteiger partial charge in [-0.25, -0.2) is 9.59 Å². The van der Waals surface area contributed by atoms with Gasteiger partial charge in [0.2, 0.25) is 0 Å². The molecule has 0 unspecified atom stereocenters. The Balaban J connectivity index is 2.62. The molecule has 19 heavy (non-hydrogen) atoms. The highest BCUT2D eigenvalue weighted by Gasteiger charge is 2.12. The lowest BCUT2D eigenvalue weighted by molar-refractivity contribution is 0.0698. The molecule has 0 aliphatic heterocycles. The van der Waals surface area contributed by atoms with Crippen molar-refractivity contribution in [2.45, 2.75) is 6.42 Å². The molecule has 0 spiro atoms. The predicted octanol–water partition coefficient (Wildman–Crippen LogP) is 2.91. The number of benzene rings is 1. The summed E-state index contributed by atoms with van der Waals surface area (Å²) in [6, 6.07) is 3.79. The van der Waals surface area contributed by atoms with Gasteiger partial charge >= 0.3 is 12.0 Å². The van der Waals surface area contributed by atoms with Crippen LogP contribution in [0.2, 0.25) is 5.02 Å². The molecule has 0 aliphatic rings. The van der Waals surface area contributed by atoms with Gasteiger partial charge in [-0.15, -0.1) is 0 Å². The Morgan fingerprint density at radius 3 is 2.79 bits per heavy atom. The Hall–Kier alpha value is -1.40. The van der Waals surface area contributed by atoms with Gasteiger partial charge in [-0.1, -0.05) is 11.6 Å². The molecule has 0 saturated heterocycles. The number of thioether (sulfide) groups is 1. The molecule has 0 fully saturated rings. The van der Waals surface area contributed by atoms with Crippen LogP contribution in [0.4, 0.5) is 10.5 Å². The third kappa shape index (κ3) is 5.40. The lowest BCUT2D eigenvalue weighted by atomic mass is 10.2. The Labute approximate surface area is 120 Å². The molecule has 0 aliphatic carbocycles. The molecular formula is C12H15ClN2O3S. The van der Waals surface area contributed by atoms with E-state index in [2.05, 4.69) is 10.6 Å². The van der Waals surface area contributed by atoms with Crippen molar-refractivity contribution in [3.63, 3.8) is 0 Å². The minimum absolute atomic E-state index is 0.00339. The first kappa shape index (κ1) is 15.7. The third-order valence-corrected chi connectivity index (χ3v) is 3.20. The van der Waals surface area contributed by atoms with Gasteiger partial charge in [-0.05, 0) is 36.6 Å². The highest BCUT2D eigenvalue weighted by Crippen LogP contribution is 2.21. The molecule has 1 aromatic rings. The molecule has 0 bridgehead atoms. The minimum Gasteiger partial charge on any atom is -0.478 e. The van der Waals surface area contributed by atoms with Crippen molar-refractivity contribution in [3.8, 4) is 0 Å². The van der Waals surface area contributed by atoms with Crippen molar-refractivity contribution in [2.24, 2.45) is 0 Å². The number of urea groups is 1. The van der Waals surface area contributed by atoms with E-state index in [1.807, 2.05) is 6.26 Å². The fourth-order valence-corrected chi connectivity index (χ4v) is 2.00. The van der Waals surface area contributed by atoms with Crippen LogP contribution in [0.25, 0.3) is 0 Å². The maximum absolute atomic E-state index is 11.6. The van der Waals surface area contributed by atoms with Crippen LogP contribution in [-0.4, -0.2) is 35.7 Å². The maximum Gasteiger partial charge on any atom is 0.337 e. The van der Waals surface area contributed by atoms with Crippen LogP contribution in [0, 0.1) is 0 Å². The van der Waals surface area contributed by atoms with E-state index in [4.69, 9.17) is 16.7 Å². The fraction of sp³-hybridized carbons (Fsp3) is 0.333. The Morgan fingerprint density at radius 1 is 1.42 bits per heavy atom. The smallest absolute Gasteiger partial charge is 0.337 e. The number of anilines is 1. The zero-order chi connectivity index (χ0) is 14.3. The van der Waals surface area contributed by atoms with E-state index in [0.717, 1.165) is 12.2 Å². The van der Waals surface area contributed by atoms with E-state index in [9.17, 15) is 9.59 Å². The van der Waals surface area contributed by atoms with Crippen LogP contribution < -0.4 is 10.6 Å². The average molecular weight is 303 g/mol. The van der Waals surface area contributed by atoms with Gasteiger partial charge in [-0.2, -0.15) is 11.8 Å². The molecule has 0 aromatic heterocycles. The van der Waals surface area contributed by atoms with E-state index in [0.29, 0.717) is 11.6 Å². The first-order valence-electron chi connectivity index (χ1n) is 5.61. The number of rotatable bonds is 6. The topological polar surface area (TPSA) is 78.4 Å². The minimum atomic E-state index is -1.12. The van der Waals surface area contributed by atoms with E-state index in [-0.39, 0.29) is 11.3 Å². The number of hydrogen-bond donors (Lipinski definition) is 3. The zero-order valence-electron chi connectivity index (χ0n) is 10.4. The second kappa shape index (κ2) is 7.91. The standard InChI is InChI=1S/C12H15ClN2O3S/c1-19-6-2-5-14-12(18)15-10-7-8(13)3-4-9(10)11(16)17/h3-4,7H,2,5-6H2,1H3,(H,16,17)(H2,14,15,18). The van der Waals surface area contributed by atoms with Crippen LogP contribution in [-0.2, 0) is 0 Å². The second-order valence-electron chi connectivity index (χ2n) is 3.72. The van der Waals surface area contributed by atoms with Crippen molar-refractivity contribution >= 4 is 41.1 Å². The van der Waals surface area contributed by atoms with Crippen molar-refractivity contribution < 1.29 is 14.7 Å². The molecule has 5 nitrogen and oxygen atoms in total. The van der Waals surface area contributed by atoms with Gasteiger partial charge < -0.3 is 15.7 Å². The number of halogens is 1. The van der Waals surface area contributed by atoms with Gasteiger partial charge in [0.1, 0.15) is 0 Å². The Bertz CT molecular complexity index is 468.